The summed E-state index contributed by atoms with van der Waals surface area (Å²) in [6.45, 7) is 15.4. The summed E-state index contributed by atoms with van der Waals surface area (Å²) in [4.78, 5) is 7.34. The molecule has 152 valence electrons. The molecular formula is C22H37N3O2. The lowest BCUT2D eigenvalue weighted by atomic mass is 10.0. The highest BCUT2D eigenvalue weighted by Gasteiger charge is 2.31. The van der Waals surface area contributed by atoms with Crippen molar-refractivity contribution >= 4 is 0 Å². The van der Waals surface area contributed by atoms with Crippen molar-refractivity contribution in [2.24, 2.45) is 0 Å². The molecule has 0 spiro atoms. The number of hydrogen-bond donors (Lipinski definition) is 1. The van der Waals surface area contributed by atoms with Gasteiger partial charge in [-0.1, -0.05) is 19.1 Å². The van der Waals surface area contributed by atoms with Crippen LogP contribution >= 0.6 is 0 Å². The zero-order valence-electron chi connectivity index (χ0n) is 17.4. The van der Waals surface area contributed by atoms with Crippen LogP contribution in [-0.4, -0.2) is 83.9 Å². The van der Waals surface area contributed by atoms with Gasteiger partial charge in [0.25, 0.3) is 0 Å². The van der Waals surface area contributed by atoms with Crippen LogP contribution in [0.5, 0.6) is 5.75 Å². The molecule has 5 heteroatoms. The molecule has 1 atom stereocenters. The second kappa shape index (κ2) is 9.37. The molecule has 0 aromatic heterocycles. The zero-order valence-corrected chi connectivity index (χ0v) is 17.4. The van der Waals surface area contributed by atoms with Crippen LogP contribution in [0.25, 0.3) is 0 Å². The third-order valence-electron chi connectivity index (χ3n) is 6.17. The highest BCUT2D eigenvalue weighted by molar-refractivity contribution is 5.28. The fourth-order valence-corrected chi connectivity index (χ4v) is 4.24. The van der Waals surface area contributed by atoms with Gasteiger partial charge in [-0.3, -0.25) is 9.80 Å². The zero-order chi connectivity index (χ0) is 19.3. The number of hydrogen-bond acceptors (Lipinski definition) is 5. The van der Waals surface area contributed by atoms with E-state index in [-0.39, 0.29) is 5.54 Å². The number of benzene rings is 1. The lowest BCUT2D eigenvalue weighted by Gasteiger charge is -2.34. The van der Waals surface area contributed by atoms with E-state index in [0.29, 0.717) is 13.2 Å². The Bertz CT molecular complexity index is 585. The Balaban J connectivity index is 1.44. The molecule has 0 amide bonds. The van der Waals surface area contributed by atoms with E-state index < -0.39 is 6.10 Å². The molecule has 0 aliphatic carbocycles. The predicted octanol–water partition coefficient (Wildman–Crippen LogP) is 2.44. The number of aliphatic hydroxyl groups excluding tert-OH is 1. The third-order valence-corrected chi connectivity index (χ3v) is 6.17. The Labute approximate surface area is 164 Å². The van der Waals surface area contributed by atoms with Gasteiger partial charge in [0.1, 0.15) is 18.5 Å². The van der Waals surface area contributed by atoms with Crippen LogP contribution in [0.4, 0.5) is 0 Å². The maximum Gasteiger partial charge on any atom is 0.119 e. The van der Waals surface area contributed by atoms with Gasteiger partial charge in [-0.15, -0.1) is 0 Å². The molecule has 1 N–H and O–H groups in total. The molecule has 3 rings (SSSR count). The molecule has 0 radical (unpaired) electrons. The van der Waals surface area contributed by atoms with Crippen LogP contribution < -0.4 is 4.74 Å². The Kier molecular flexibility index (Phi) is 7.15. The summed E-state index contributed by atoms with van der Waals surface area (Å²) in [5, 5.41) is 10.4. The second-order valence-corrected chi connectivity index (χ2v) is 8.68. The smallest absolute Gasteiger partial charge is 0.119 e. The van der Waals surface area contributed by atoms with Crippen LogP contribution in [0.1, 0.15) is 39.2 Å². The van der Waals surface area contributed by atoms with E-state index in [2.05, 4.69) is 53.7 Å². The number of nitrogens with zero attached hydrogens (tertiary/aromatic N) is 3. The number of aliphatic hydroxyl groups is 1. The van der Waals surface area contributed by atoms with Crippen molar-refractivity contribution in [3.8, 4) is 5.75 Å². The van der Waals surface area contributed by atoms with Crippen LogP contribution in [0.15, 0.2) is 24.3 Å². The van der Waals surface area contributed by atoms with Gasteiger partial charge in [0.15, 0.2) is 0 Å². The first-order valence-corrected chi connectivity index (χ1v) is 10.6. The quantitative estimate of drug-likeness (QED) is 0.756. The molecule has 2 saturated heterocycles. The Hall–Kier alpha value is -1.14. The van der Waals surface area contributed by atoms with Gasteiger partial charge in [0, 0.05) is 44.8 Å². The van der Waals surface area contributed by atoms with Gasteiger partial charge in [-0.05, 0) is 57.5 Å². The first-order chi connectivity index (χ1) is 13.0. The summed E-state index contributed by atoms with van der Waals surface area (Å²) < 4.78 is 5.90. The van der Waals surface area contributed by atoms with Crippen molar-refractivity contribution in [1.82, 2.24) is 14.7 Å². The van der Waals surface area contributed by atoms with Crippen molar-refractivity contribution in [2.75, 3.05) is 52.4 Å². The molecule has 0 bridgehead atoms. The van der Waals surface area contributed by atoms with Gasteiger partial charge < -0.3 is 14.7 Å². The van der Waals surface area contributed by atoms with E-state index in [0.717, 1.165) is 45.0 Å². The summed E-state index contributed by atoms with van der Waals surface area (Å²) in [6.07, 6.45) is 2.10. The lowest BCUT2D eigenvalue weighted by Crippen LogP contribution is -2.49. The maximum absolute atomic E-state index is 10.4. The fraction of sp³-hybridized carbons (Fsp3) is 0.727. The van der Waals surface area contributed by atoms with Gasteiger partial charge >= 0.3 is 0 Å². The molecule has 2 aliphatic heterocycles. The highest BCUT2D eigenvalue weighted by atomic mass is 16.5. The average molecular weight is 376 g/mol. The summed E-state index contributed by atoms with van der Waals surface area (Å²) in [7, 11) is 0. The maximum atomic E-state index is 10.4. The van der Waals surface area contributed by atoms with E-state index in [1.807, 2.05) is 6.07 Å². The summed E-state index contributed by atoms with van der Waals surface area (Å²) >= 11 is 0. The van der Waals surface area contributed by atoms with Crippen molar-refractivity contribution < 1.29 is 9.84 Å². The Morgan fingerprint density at radius 2 is 1.85 bits per heavy atom. The minimum Gasteiger partial charge on any atom is -0.491 e. The number of likely N-dealkylation sites (tertiary alicyclic amines) is 1. The standard InChI is InChI=1S/C22H37N3O2/c1-4-23-11-13-24(14-12-23)17-20(26)18-27-21-8-5-7-19(15-21)16-25-10-6-9-22(25,2)3/h5,7-8,15,20,26H,4,6,9-14,16-18H2,1-3H3/t20-/m1/s1. The molecule has 0 unspecified atom stereocenters. The normalized spacial score (nSPS) is 22.8. The monoisotopic (exact) mass is 375 g/mol. The number of likely N-dealkylation sites (N-methyl/N-ethyl adjacent to an activating group) is 1. The number of piperazine rings is 1. The van der Waals surface area contributed by atoms with E-state index in [1.54, 1.807) is 0 Å². The van der Waals surface area contributed by atoms with Crippen molar-refractivity contribution in [3.05, 3.63) is 29.8 Å². The Morgan fingerprint density at radius 3 is 2.52 bits per heavy atom. The van der Waals surface area contributed by atoms with E-state index in [9.17, 15) is 5.11 Å². The fourth-order valence-electron chi connectivity index (χ4n) is 4.24. The molecule has 1 aromatic carbocycles. The lowest BCUT2D eigenvalue weighted by molar-refractivity contribution is 0.0470. The highest BCUT2D eigenvalue weighted by Crippen LogP contribution is 2.30. The Morgan fingerprint density at radius 1 is 1.11 bits per heavy atom. The van der Waals surface area contributed by atoms with E-state index in [4.69, 9.17) is 4.74 Å². The van der Waals surface area contributed by atoms with Gasteiger partial charge in [0.05, 0.1) is 0 Å². The summed E-state index contributed by atoms with van der Waals surface area (Å²) in [5.74, 6) is 0.861. The summed E-state index contributed by atoms with van der Waals surface area (Å²) in [6, 6.07) is 8.35. The van der Waals surface area contributed by atoms with Crippen molar-refractivity contribution in [3.63, 3.8) is 0 Å². The summed E-state index contributed by atoms with van der Waals surface area (Å²) in [5.41, 5.74) is 1.57. The molecule has 2 fully saturated rings. The topological polar surface area (TPSA) is 39.2 Å². The molecule has 5 nitrogen and oxygen atoms in total. The molecule has 2 aliphatic rings. The SMILES string of the molecule is CCN1CCN(C[C@@H](O)COc2cccc(CN3CCCC3(C)C)c2)CC1. The number of β-amino-alcohol motifs (C(OH)–C–C–N with tert-alkyl or cyclic N) is 1. The number of rotatable bonds is 8. The van der Waals surface area contributed by atoms with Gasteiger partial charge in [-0.25, -0.2) is 0 Å². The minimum absolute atomic E-state index is 0.287. The second-order valence-electron chi connectivity index (χ2n) is 8.68. The van der Waals surface area contributed by atoms with Crippen LogP contribution in [0.2, 0.25) is 0 Å². The third kappa shape index (κ3) is 5.92. The van der Waals surface area contributed by atoms with E-state index in [1.165, 1.54) is 24.9 Å². The van der Waals surface area contributed by atoms with Crippen LogP contribution in [-0.2, 0) is 6.54 Å². The molecule has 27 heavy (non-hydrogen) atoms. The van der Waals surface area contributed by atoms with Crippen LogP contribution in [0, 0.1) is 0 Å². The van der Waals surface area contributed by atoms with Crippen molar-refractivity contribution in [2.45, 2.75) is 51.8 Å². The molecular weight excluding hydrogens is 338 g/mol. The van der Waals surface area contributed by atoms with Gasteiger partial charge in [0.2, 0.25) is 0 Å². The van der Waals surface area contributed by atoms with Crippen molar-refractivity contribution in [1.29, 1.82) is 0 Å². The molecule has 2 heterocycles. The van der Waals surface area contributed by atoms with Crippen LogP contribution in [0.3, 0.4) is 0 Å². The number of ether oxygens (including phenoxy) is 1. The van der Waals surface area contributed by atoms with Gasteiger partial charge in [-0.2, -0.15) is 0 Å². The predicted molar refractivity (Wildman–Crippen MR) is 110 cm³/mol. The van der Waals surface area contributed by atoms with E-state index >= 15 is 0 Å². The molecule has 0 saturated carbocycles. The first-order valence-electron chi connectivity index (χ1n) is 10.6. The average Bonchev–Trinajstić information content (AvgIpc) is 2.99. The largest absolute Gasteiger partial charge is 0.491 e. The first kappa shape index (κ1) is 20.6. The molecule has 1 aromatic rings. The minimum atomic E-state index is -0.445.